The molecule has 15 heteroatoms. The molecule has 0 spiro atoms. The molecule has 0 aromatic carbocycles. The Hall–Kier alpha value is -3.77. The number of thiophene rings is 1. The lowest BCUT2D eigenvalue weighted by Crippen LogP contribution is -2.50. The first-order valence-corrected chi connectivity index (χ1v) is 16.9. The van der Waals surface area contributed by atoms with E-state index >= 15 is 0 Å². The summed E-state index contributed by atoms with van der Waals surface area (Å²) >= 11 is 7.43. The van der Waals surface area contributed by atoms with Crippen LogP contribution in [0.25, 0.3) is 11.2 Å². The molecule has 2 fully saturated rings. The lowest BCUT2D eigenvalue weighted by atomic mass is 9.96. The topological polar surface area (TPSA) is 189 Å². The number of nitrogens with one attached hydrogen (secondary N) is 2. The smallest absolute Gasteiger partial charge is 0.323 e. The van der Waals surface area contributed by atoms with Crippen LogP contribution < -0.4 is 22.1 Å². The molecule has 6 N–H and O–H groups in total. The Labute approximate surface area is 282 Å². The minimum absolute atomic E-state index is 0.228. The fraction of sp³-hybridized carbons (Fsp3) is 0.562. The number of anilines is 1. The predicted octanol–water partition coefficient (Wildman–Crippen LogP) is 2.86. The summed E-state index contributed by atoms with van der Waals surface area (Å²) in [6, 6.07) is 0.991. The van der Waals surface area contributed by atoms with Crippen molar-refractivity contribution in [2.75, 3.05) is 18.9 Å². The molecule has 2 aliphatic carbocycles. The number of rotatable bonds is 11. The van der Waals surface area contributed by atoms with E-state index in [9.17, 15) is 14.4 Å². The molecule has 1 unspecified atom stereocenters. The molecule has 0 radical (unpaired) electrons. The molecule has 1 amide bonds. The first-order chi connectivity index (χ1) is 22.3. The number of ether oxygens (including phenoxy) is 2. The number of esters is 2. The van der Waals surface area contributed by atoms with Crippen LogP contribution in [0.1, 0.15) is 64.2 Å². The summed E-state index contributed by atoms with van der Waals surface area (Å²) in [5.41, 5.74) is 12.1. The molecule has 3 aromatic rings. The van der Waals surface area contributed by atoms with Crippen molar-refractivity contribution in [1.29, 1.82) is 0 Å². The van der Waals surface area contributed by atoms with Crippen LogP contribution in [0, 0.1) is 35.0 Å². The molecule has 2 aliphatic rings. The summed E-state index contributed by atoms with van der Waals surface area (Å²) < 4.78 is 14.5. The van der Waals surface area contributed by atoms with E-state index in [4.69, 9.17) is 37.5 Å². The third kappa shape index (κ3) is 6.54. The lowest BCUT2D eigenvalue weighted by molar-refractivity contribution is -0.177. The second kappa shape index (κ2) is 13.8. The highest BCUT2D eigenvalue weighted by atomic mass is 35.5. The van der Waals surface area contributed by atoms with Gasteiger partial charge in [0.15, 0.2) is 29.2 Å². The summed E-state index contributed by atoms with van der Waals surface area (Å²) in [4.78, 5) is 55.1. The van der Waals surface area contributed by atoms with Crippen molar-refractivity contribution in [3.63, 3.8) is 0 Å². The fourth-order valence-electron chi connectivity index (χ4n) is 6.05. The minimum atomic E-state index is -1.17. The molecular weight excluding hydrogens is 644 g/mol. The van der Waals surface area contributed by atoms with E-state index in [0.717, 1.165) is 11.3 Å². The number of imidazole rings is 1. The monoisotopic (exact) mass is 684 g/mol. The van der Waals surface area contributed by atoms with Crippen LogP contribution in [0.3, 0.4) is 0 Å². The number of aromatic nitrogens is 4. The Bertz CT molecular complexity index is 1730. The second-order valence-electron chi connectivity index (χ2n) is 12.7. The number of carbonyl (C=O) groups is 3. The van der Waals surface area contributed by atoms with Crippen LogP contribution in [0.2, 0.25) is 4.34 Å². The van der Waals surface area contributed by atoms with Gasteiger partial charge in [0, 0.05) is 19.5 Å². The average molecular weight is 685 g/mol. The first-order valence-electron chi connectivity index (χ1n) is 15.7. The van der Waals surface area contributed by atoms with Crippen molar-refractivity contribution >= 4 is 57.8 Å². The number of nitrogens with two attached hydrogens (primary N) is 2. The normalized spacial score (nSPS) is 24.3. The summed E-state index contributed by atoms with van der Waals surface area (Å²) in [6.45, 7) is 9.86. The Morgan fingerprint density at radius 3 is 2.38 bits per heavy atom. The van der Waals surface area contributed by atoms with Gasteiger partial charge in [-0.3, -0.25) is 14.4 Å². The number of hydrogen-bond donors (Lipinski definition) is 4. The molecule has 7 atom stereocenters. The van der Waals surface area contributed by atoms with Crippen molar-refractivity contribution in [3.8, 4) is 11.8 Å². The van der Waals surface area contributed by atoms with Gasteiger partial charge in [-0.25, -0.2) is 15.0 Å². The number of fused-ring (bicyclic) bond motifs is 2. The van der Waals surface area contributed by atoms with E-state index in [0.29, 0.717) is 34.3 Å². The van der Waals surface area contributed by atoms with Gasteiger partial charge < -0.3 is 36.1 Å². The lowest BCUT2D eigenvalue weighted by Gasteiger charge is -2.32. The van der Waals surface area contributed by atoms with Crippen LogP contribution in [0.4, 0.5) is 5.82 Å². The fourth-order valence-corrected chi connectivity index (χ4v) is 6.95. The Balaban J connectivity index is 1.65. The molecule has 0 saturated heterocycles. The van der Waals surface area contributed by atoms with E-state index in [1.54, 1.807) is 44.7 Å². The maximum absolute atomic E-state index is 13.6. The van der Waals surface area contributed by atoms with Gasteiger partial charge in [-0.15, -0.1) is 11.3 Å². The van der Waals surface area contributed by atoms with Crippen LogP contribution in [-0.2, 0) is 23.9 Å². The van der Waals surface area contributed by atoms with Crippen molar-refractivity contribution in [1.82, 2.24) is 24.8 Å². The van der Waals surface area contributed by atoms with Crippen molar-refractivity contribution in [2.24, 2.45) is 34.6 Å². The van der Waals surface area contributed by atoms with Gasteiger partial charge in [-0.1, -0.05) is 46.2 Å². The Morgan fingerprint density at radius 1 is 1.11 bits per heavy atom. The molecule has 2 saturated carbocycles. The first kappa shape index (κ1) is 34.6. The molecule has 3 heterocycles. The number of carbonyl (C=O) groups excluding carboxylic acids is 3. The van der Waals surface area contributed by atoms with Gasteiger partial charge in [-0.05, 0) is 48.7 Å². The third-order valence-corrected chi connectivity index (χ3v) is 10.0. The van der Waals surface area contributed by atoms with Gasteiger partial charge in [0.2, 0.25) is 11.7 Å². The van der Waals surface area contributed by atoms with Crippen LogP contribution >= 0.6 is 22.9 Å². The highest BCUT2D eigenvalue weighted by Gasteiger charge is 2.78. The van der Waals surface area contributed by atoms with Gasteiger partial charge >= 0.3 is 11.9 Å². The zero-order valence-corrected chi connectivity index (χ0v) is 28.8. The summed E-state index contributed by atoms with van der Waals surface area (Å²) in [5, 5.41) is 6.03. The Morgan fingerprint density at radius 2 is 1.79 bits per heavy atom. The predicted molar refractivity (Wildman–Crippen MR) is 178 cm³/mol. The SMILES string of the molecule is CCCNc1nc(C#Cc2ccc(Cl)s2)nc2c1ncn2[C@@H]1C2C[C@@]2(C(=O)NC)[C@@H](OC(=O)[C@@H](N)C(C)C)[C@H]1OC(=O)[C@@H](N)C(C)C. The molecule has 0 bridgehead atoms. The van der Waals surface area contributed by atoms with E-state index in [1.165, 1.54) is 18.4 Å². The highest BCUT2D eigenvalue weighted by molar-refractivity contribution is 7.16. The summed E-state index contributed by atoms with van der Waals surface area (Å²) in [7, 11) is 1.52. The largest absolute Gasteiger partial charge is 0.456 e. The Kier molecular flexibility index (Phi) is 10.1. The van der Waals surface area contributed by atoms with Crippen LogP contribution in [-0.4, -0.2) is 75.2 Å². The van der Waals surface area contributed by atoms with Crippen molar-refractivity contribution in [3.05, 3.63) is 33.5 Å². The summed E-state index contributed by atoms with van der Waals surface area (Å²) in [5.74, 6) is 4.24. The zero-order valence-electron chi connectivity index (χ0n) is 27.2. The molecule has 13 nitrogen and oxygen atoms in total. The van der Waals surface area contributed by atoms with E-state index in [2.05, 4.69) is 32.4 Å². The maximum atomic E-state index is 13.6. The molecule has 252 valence electrons. The van der Waals surface area contributed by atoms with Crippen molar-refractivity contribution in [2.45, 2.75) is 77.8 Å². The molecule has 3 aromatic heterocycles. The molecule has 0 aliphatic heterocycles. The molecular formula is C32H41ClN8O5S. The second-order valence-corrected chi connectivity index (χ2v) is 14.4. The third-order valence-electron chi connectivity index (χ3n) is 8.90. The van der Waals surface area contributed by atoms with E-state index < -0.39 is 53.6 Å². The number of hydrogen-bond acceptors (Lipinski definition) is 12. The molecule has 47 heavy (non-hydrogen) atoms. The number of amides is 1. The van der Waals surface area contributed by atoms with Gasteiger partial charge in [0.1, 0.15) is 12.1 Å². The van der Waals surface area contributed by atoms with Crippen LogP contribution in [0.15, 0.2) is 18.5 Å². The van der Waals surface area contributed by atoms with Crippen molar-refractivity contribution < 1.29 is 23.9 Å². The zero-order chi connectivity index (χ0) is 34.2. The number of halogens is 1. The summed E-state index contributed by atoms with van der Waals surface area (Å²) in [6.07, 6.45) is 0.540. The highest BCUT2D eigenvalue weighted by Crippen LogP contribution is 2.69. The standard InChI is InChI=1S/C32H41ClN8O5S/c1-7-12-37-27-23-28(40-20(39-27)11-9-17-8-10-19(33)47-17)41(14-38-23)24-18-13-32(18,31(44)36-6)26(46-30(43)22(35)16(4)5)25(24)45-29(42)21(34)15(2)3/h8,10,14-16,18,21-22,24-26H,7,12-13,34-35H2,1-6H3,(H,36,44)(H,37,39,40)/t18?,21-,22-,24+,25-,26-,32-/m0/s1. The quantitative estimate of drug-likeness (QED) is 0.172. The molecule has 5 rings (SSSR count). The van der Waals surface area contributed by atoms with Gasteiger partial charge in [-0.2, -0.15) is 0 Å². The maximum Gasteiger partial charge on any atom is 0.323 e. The van der Waals surface area contributed by atoms with Gasteiger partial charge in [0.25, 0.3) is 0 Å². The number of nitrogens with zero attached hydrogens (tertiary/aromatic N) is 4. The minimum Gasteiger partial charge on any atom is -0.456 e. The van der Waals surface area contributed by atoms with E-state index in [-0.39, 0.29) is 23.6 Å². The average Bonchev–Trinajstić information content (AvgIpc) is 3.27. The van der Waals surface area contributed by atoms with Gasteiger partial charge in [0.05, 0.1) is 27.0 Å². The van der Waals surface area contributed by atoms with Crippen LogP contribution in [0.5, 0.6) is 0 Å². The van der Waals surface area contributed by atoms with E-state index in [1.807, 2.05) is 13.0 Å².